The first kappa shape index (κ1) is 13.0. The maximum atomic E-state index is 12.1. The molecule has 2 rings (SSSR count). The van der Waals surface area contributed by atoms with Gasteiger partial charge >= 0.3 is 5.97 Å². The molecule has 18 heavy (non-hydrogen) atoms. The molecule has 1 spiro atoms. The minimum absolute atomic E-state index is 0.0780. The van der Waals surface area contributed by atoms with Crippen molar-refractivity contribution in [3.8, 4) is 0 Å². The third-order valence-electron chi connectivity index (χ3n) is 3.50. The quantitative estimate of drug-likeness (QED) is 0.722. The fourth-order valence-corrected chi connectivity index (χ4v) is 2.22. The van der Waals surface area contributed by atoms with E-state index >= 15 is 0 Å². The molecule has 0 aromatic heterocycles. The van der Waals surface area contributed by atoms with Gasteiger partial charge in [-0.25, -0.2) is 4.79 Å². The van der Waals surface area contributed by atoms with Gasteiger partial charge in [-0.05, 0) is 13.8 Å². The van der Waals surface area contributed by atoms with Gasteiger partial charge in [0.15, 0.2) is 5.79 Å². The van der Waals surface area contributed by atoms with E-state index in [4.69, 9.17) is 14.6 Å². The van der Waals surface area contributed by atoms with Crippen molar-refractivity contribution in [1.29, 1.82) is 0 Å². The molecule has 2 aliphatic rings. The van der Waals surface area contributed by atoms with Crippen LogP contribution in [0.4, 0.5) is 0 Å². The number of carboxylic acids is 1. The Morgan fingerprint density at radius 3 is 2.33 bits per heavy atom. The molecule has 2 heterocycles. The van der Waals surface area contributed by atoms with Crippen LogP contribution in [-0.4, -0.2) is 54.0 Å². The predicted octanol–water partition coefficient (Wildman–Crippen LogP) is 0.383. The van der Waals surface area contributed by atoms with Gasteiger partial charge in [0.2, 0.25) is 5.91 Å². The summed E-state index contributed by atoms with van der Waals surface area (Å²) >= 11 is 0. The van der Waals surface area contributed by atoms with Crippen molar-refractivity contribution in [1.82, 2.24) is 4.90 Å². The minimum atomic E-state index is -1.07. The van der Waals surface area contributed by atoms with Crippen molar-refractivity contribution >= 4 is 11.9 Å². The van der Waals surface area contributed by atoms with Gasteiger partial charge in [0, 0.05) is 24.1 Å². The molecule has 0 unspecified atom stereocenters. The number of amides is 1. The number of ether oxygens (including phenoxy) is 2. The summed E-state index contributed by atoms with van der Waals surface area (Å²) in [6.07, 6.45) is 0.637. The number of carbonyl (C=O) groups excluding carboxylic acids is 1. The SMILES string of the molecule is C/C(C(=O)O)=C(/C)C(=O)N1CCC2(C1)OCCO2. The molecule has 0 aromatic rings. The Morgan fingerprint density at radius 2 is 1.78 bits per heavy atom. The van der Waals surface area contributed by atoms with Gasteiger partial charge in [0.25, 0.3) is 0 Å². The number of carboxylic acid groups (broad SMARTS) is 1. The Morgan fingerprint density at radius 1 is 1.17 bits per heavy atom. The monoisotopic (exact) mass is 255 g/mol. The van der Waals surface area contributed by atoms with E-state index in [9.17, 15) is 9.59 Å². The molecule has 6 nitrogen and oxygen atoms in total. The van der Waals surface area contributed by atoms with Gasteiger partial charge in [-0.1, -0.05) is 0 Å². The molecule has 0 radical (unpaired) electrons. The van der Waals surface area contributed by atoms with Crippen LogP contribution in [0.5, 0.6) is 0 Å². The first-order valence-corrected chi connectivity index (χ1v) is 5.93. The van der Waals surface area contributed by atoms with Crippen LogP contribution >= 0.6 is 0 Å². The number of rotatable bonds is 2. The zero-order valence-corrected chi connectivity index (χ0v) is 10.6. The summed E-state index contributed by atoms with van der Waals surface area (Å²) in [5, 5.41) is 8.87. The van der Waals surface area contributed by atoms with Gasteiger partial charge in [-0.3, -0.25) is 4.79 Å². The van der Waals surface area contributed by atoms with Crippen LogP contribution in [0.2, 0.25) is 0 Å². The Kier molecular flexibility index (Phi) is 3.41. The molecule has 2 aliphatic heterocycles. The molecule has 0 atom stereocenters. The second-order valence-corrected chi connectivity index (χ2v) is 4.64. The minimum Gasteiger partial charge on any atom is -0.478 e. The molecular formula is C12H17NO5. The standard InChI is InChI=1S/C12H17NO5/c1-8(9(2)11(15)16)10(14)13-4-3-12(7-13)17-5-6-18-12/h3-7H2,1-2H3,(H,15,16)/b9-8+. The lowest BCUT2D eigenvalue weighted by atomic mass is 10.1. The molecule has 0 saturated carbocycles. The summed E-state index contributed by atoms with van der Waals surface area (Å²) in [7, 11) is 0. The maximum Gasteiger partial charge on any atom is 0.331 e. The van der Waals surface area contributed by atoms with Crippen LogP contribution < -0.4 is 0 Å². The highest BCUT2D eigenvalue weighted by molar-refractivity contribution is 6.01. The number of carbonyl (C=O) groups is 2. The second kappa shape index (κ2) is 4.70. The van der Waals surface area contributed by atoms with E-state index in [1.54, 1.807) is 4.90 Å². The van der Waals surface area contributed by atoms with E-state index in [1.165, 1.54) is 13.8 Å². The Hall–Kier alpha value is -1.40. The van der Waals surface area contributed by atoms with Crippen molar-refractivity contribution in [2.75, 3.05) is 26.3 Å². The average Bonchev–Trinajstić information content (AvgIpc) is 2.97. The highest BCUT2D eigenvalue weighted by atomic mass is 16.7. The van der Waals surface area contributed by atoms with E-state index in [2.05, 4.69) is 0 Å². The third-order valence-corrected chi connectivity index (χ3v) is 3.50. The molecule has 6 heteroatoms. The summed E-state index contributed by atoms with van der Waals surface area (Å²) in [5.74, 6) is -1.98. The number of aliphatic carboxylic acids is 1. The van der Waals surface area contributed by atoms with Crippen molar-refractivity contribution in [2.45, 2.75) is 26.1 Å². The van der Waals surface area contributed by atoms with Crippen LogP contribution in [0.1, 0.15) is 20.3 Å². The summed E-state index contributed by atoms with van der Waals surface area (Å²) in [6, 6.07) is 0. The molecule has 2 fully saturated rings. The summed E-state index contributed by atoms with van der Waals surface area (Å²) in [6.45, 7) is 4.96. The van der Waals surface area contributed by atoms with Crippen molar-refractivity contribution in [2.24, 2.45) is 0 Å². The molecule has 0 aliphatic carbocycles. The van der Waals surface area contributed by atoms with E-state index < -0.39 is 11.8 Å². The lowest BCUT2D eigenvalue weighted by molar-refractivity contribution is -0.151. The predicted molar refractivity (Wildman–Crippen MR) is 61.8 cm³/mol. The highest BCUT2D eigenvalue weighted by Gasteiger charge is 2.45. The summed E-state index contributed by atoms with van der Waals surface area (Å²) < 4.78 is 11.0. The van der Waals surface area contributed by atoms with Crippen LogP contribution in [0, 0.1) is 0 Å². The average molecular weight is 255 g/mol. The molecule has 2 saturated heterocycles. The van der Waals surface area contributed by atoms with Gasteiger partial charge < -0.3 is 19.5 Å². The molecular weight excluding hydrogens is 238 g/mol. The highest BCUT2D eigenvalue weighted by Crippen LogP contribution is 2.31. The molecule has 0 aromatic carbocycles. The number of likely N-dealkylation sites (tertiary alicyclic amines) is 1. The number of hydrogen-bond acceptors (Lipinski definition) is 4. The van der Waals surface area contributed by atoms with Crippen molar-refractivity contribution in [3.05, 3.63) is 11.1 Å². The second-order valence-electron chi connectivity index (χ2n) is 4.64. The topological polar surface area (TPSA) is 76.1 Å². The first-order valence-electron chi connectivity index (χ1n) is 5.93. The summed E-state index contributed by atoms with van der Waals surface area (Å²) in [4.78, 5) is 24.5. The van der Waals surface area contributed by atoms with Crippen LogP contribution in [0.25, 0.3) is 0 Å². The summed E-state index contributed by atoms with van der Waals surface area (Å²) in [5.41, 5.74) is 0.340. The zero-order chi connectivity index (χ0) is 13.3. The van der Waals surface area contributed by atoms with Crippen LogP contribution in [0.15, 0.2) is 11.1 Å². The fourth-order valence-electron chi connectivity index (χ4n) is 2.22. The molecule has 0 bridgehead atoms. The first-order chi connectivity index (χ1) is 8.45. The van der Waals surface area contributed by atoms with Crippen LogP contribution in [0.3, 0.4) is 0 Å². The maximum absolute atomic E-state index is 12.1. The van der Waals surface area contributed by atoms with E-state index in [0.29, 0.717) is 32.7 Å². The Bertz CT molecular complexity index is 409. The van der Waals surface area contributed by atoms with Crippen molar-refractivity contribution in [3.63, 3.8) is 0 Å². The van der Waals surface area contributed by atoms with Gasteiger partial charge in [0.05, 0.1) is 19.8 Å². The van der Waals surface area contributed by atoms with Gasteiger partial charge in [-0.15, -0.1) is 0 Å². The van der Waals surface area contributed by atoms with E-state index in [-0.39, 0.29) is 17.1 Å². The molecule has 1 N–H and O–H groups in total. The number of nitrogens with zero attached hydrogens (tertiary/aromatic N) is 1. The number of hydrogen-bond donors (Lipinski definition) is 1. The zero-order valence-electron chi connectivity index (χ0n) is 10.6. The van der Waals surface area contributed by atoms with E-state index in [0.717, 1.165) is 0 Å². The Labute approximate surface area is 105 Å². The third kappa shape index (κ3) is 2.26. The van der Waals surface area contributed by atoms with E-state index in [1.807, 2.05) is 0 Å². The Balaban J connectivity index is 2.08. The van der Waals surface area contributed by atoms with Crippen LogP contribution in [-0.2, 0) is 19.1 Å². The molecule has 1 amide bonds. The van der Waals surface area contributed by atoms with Gasteiger partial charge in [0.1, 0.15) is 0 Å². The fraction of sp³-hybridized carbons (Fsp3) is 0.667. The van der Waals surface area contributed by atoms with Gasteiger partial charge in [-0.2, -0.15) is 0 Å². The normalized spacial score (nSPS) is 23.3. The molecule has 100 valence electrons. The smallest absolute Gasteiger partial charge is 0.331 e. The largest absolute Gasteiger partial charge is 0.478 e. The lowest BCUT2D eigenvalue weighted by Gasteiger charge is -2.22. The lowest BCUT2D eigenvalue weighted by Crippen LogP contribution is -2.37. The van der Waals surface area contributed by atoms with Crippen molar-refractivity contribution < 1.29 is 24.2 Å².